The minimum atomic E-state index is -0.0649. The molecule has 0 radical (unpaired) electrons. The fraction of sp³-hybridized carbons (Fsp3) is 0.250. The Hall–Kier alpha value is -2.74. The van der Waals surface area contributed by atoms with E-state index in [-0.39, 0.29) is 22.9 Å². The van der Waals surface area contributed by atoms with Crippen LogP contribution in [-0.2, 0) is 12.8 Å². The summed E-state index contributed by atoms with van der Waals surface area (Å²) in [6, 6.07) is 6.45. The molecule has 5 heteroatoms. The van der Waals surface area contributed by atoms with E-state index in [0.717, 1.165) is 36.9 Å². The normalized spacial score (nSPS) is 13.5. The lowest BCUT2D eigenvalue weighted by Crippen LogP contribution is -2.11. The number of phenols is 2. The summed E-state index contributed by atoms with van der Waals surface area (Å²) in [6.07, 6.45) is 3.71. The minimum Gasteiger partial charge on any atom is -0.508 e. The van der Waals surface area contributed by atoms with Crippen LogP contribution in [0.25, 0.3) is 11.1 Å². The predicted octanol–water partition coefficient (Wildman–Crippen LogP) is 2.49. The number of fused-ring (bicyclic) bond motifs is 1. The maximum Gasteiger partial charge on any atom is 0.142 e. The van der Waals surface area contributed by atoms with Gasteiger partial charge < -0.3 is 15.9 Å². The topological polar surface area (TPSA) is 103 Å². The van der Waals surface area contributed by atoms with Gasteiger partial charge in [0.25, 0.3) is 0 Å². The molecule has 0 unspecified atom stereocenters. The standard InChI is InChI=1S/C16H15N3O2/c17-8-12-15(11-6-5-9(20)7-14(11)21)10-3-1-2-4-13(10)19-16(12)18/h5-7,20-21H,1-4H2,(H2,18,19). The molecule has 2 aromatic rings. The molecule has 0 saturated carbocycles. The molecule has 1 aromatic heterocycles. The summed E-state index contributed by atoms with van der Waals surface area (Å²) in [5, 5.41) is 29.0. The van der Waals surface area contributed by atoms with Gasteiger partial charge in [-0.3, -0.25) is 0 Å². The van der Waals surface area contributed by atoms with Crippen molar-refractivity contribution in [1.82, 2.24) is 4.98 Å². The van der Waals surface area contributed by atoms with Crippen LogP contribution >= 0.6 is 0 Å². The number of rotatable bonds is 1. The number of nitrogen functional groups attached to an aromatic ring is 1. The molecule has 0 saturated heterocycles. The first-order valence-electron chi connectivity index (χ1n) is 6.85. The van der Waals surface area contributed by atoms with E-state index >= 15 is 0 Å². The third-order valence-electron chi connectivity index (χ3n) is 3.86. The summed E-state index contributed by atoms with van der Waals surface area (Å²) >= 11 is 0. The fourth-order valence-corrected chi connectivity index (χ4v) is 2.90. The maximum absolute atomic E-state index is 10.1. The van der Waals surface area contributed by atoms with Crippen LogP contribution in [0.3, 0.4) is 0 Å². The van der Waals surface area contributed by atoms with E-state index in [4.69, 9.17) is 5.73 Å². The SMILES string of the molecule is N#Cc1c(N)nc2c(c1-c1ccc(O)cc1O)CCCC2. The molecule has 1 aliphatic carbocycles. The van der Waals surface area contributed by atoms with E-state index in [1.54, 1.807) is 6.07 Å². The molecular formula is C16H15N3O2. The summed E-state index contributed by atoms with van der Waals surface area (Å²) in [7, 11) is 0. The van der Waals surface area contributed by atoms with Gasteiger partial charge in [-0.05, 0) is 43.4 Å². The highest BCUT2D eigenvalue weighted by Gasteiger charge is 2.23. The van der Waals surface area contributed by atoms with Gasteiger partial charge in [0.15, 0.2) is 0 Å². The number of aromatic hydroxyl groups is 2. The van der Waals surface area contributed by atoms with Gasteiger partial charge in [-0.1, -0.05) is 0 Å². The molecule has 0 bridgehead atoms. The Balaban J connectivity index is 2.34. The fourth-order valence-electron chi connectivity index (χ4n) is 2.90. The van der Waals surface area contributed by atoms with Crippen LogP contribution in [0.1, 0.15) is 29.7 Å². The first-order chi connectivity index (χ1) is 10.1. The van der Waals surface area contributed by atoms with Crippen molar-refractivity contribution < 1.29 is 10.2 Å². The average molecular weight is 281 g/mol. The Bertz CT molecular complexity index is 763. The largest absolute Gasteiger partial charge is 0.508 e. The molecule has 3 rings (SSSR count). The highest BCUT2D eigenvalue weighted by Crippen LogP contribution is 2.40. The van der Waals surface area contributed by atoms with Gasteiger partial charge in [-0.25, -0.2) is 4.98 Å². The molecular weight excluding hydrogens is 266 g/mol. The number of nitrogens with zero attached hydrogens (tertiary/aromatic N) is 2. The molecule has 4 N–H and O–H groups in total. The Kier molecular flexibility index (Phi) is 3.15. The highest BCUT2D eigenvalue weighted by atomic mass is 16.3. The maximum atomic E-state index is 10.1. The van der Waals surface area contributed by atoms with E-state index in [9.17, 15) is 15.5 Å². The van der Waals surface area contributed by atoms with Crippen molar-refractivity contribution in [3.8, 4) is 28.7 Å². The van der Waals surface area contributed by atoms with E-state index in [0.29, 0.717) is 11.1 Å². The molecule has 1 aromatic carbocycles. The molecule has 0 amide bonds. The monoisotopic (exact) mass is 281 g/mol. The van der Waals surface area contributed by atoms with Crippen LogP contribution in [0.5, 0.6) is 11.5 Å². The van der Waals surface area contributed by atoms with Crippen molar-refractivity contribution in [2.75, 3.05) is 5.73 Å². The molecule has 106 valence electrons. The minimum absolute atomic E-state index is 0.0225. The van der Waals surface area contributed by atoms with Gasteiger partial charge in [0.2, 0.25) is 0 Å². The van der Waals surface area contributed by atoms with Crippen molar-refractivity contribution in [2.45, 2.75) is 25.7 Å². The lowest BCUT2D eigenvalue weighted by molar-refractivity contribution is 0.452. The van der Waals surface area contributed by atoms with E-state index in [1.165, 1.54) is 12.1 Å². The second kappa shape index (κ2) is 4.98. The van der Waals surface area contributed by atoms with E-state index < -0.39 is 0 Å². The molecule has 1 aliphatic rings. The lowest BCUT2D eigenvalue weighted by atomic mass is 9.86. The van der Waals surface area contributed by atoms with Crippen LogP contribution < -0.4 is 5.73 Å². The van der Waals surface area contributed by atoms with Crippen LogP contribution in [-0.4, -0.2) is 15.2 Å². The van der Waals surface area contributed by atoms with Crippen molar-refractivity contribution in [3.63, 3.8) is 0 Å². The second-order valence-corrected chi connectivity index (χ2v) is 5.19. The number of hydrogen-bond donors (Lipinski definition) is 3. The van der Waals surface area contributed by atoms with E-state index in [2.05, 4.69) is 11.1 Å². The molecule has 21 heavy (non-hydrogen) atoms. The van der Waals surface area contributed by atoms with Gasteiger partial charge in [0, 0.05) is 22.9 Å². The van der Waals surface area contributed by atoms with Gasteiger partial charge in [-0.2, -0.15) is 5.26 Å². The zero-order valence-electron chi connectivity index (χ0n) is 11.4. The summed E-state index contributed by atoms with van der Waals surface area (Å²) in [6.45, 7) is 0. The van der Waals surface area contributed by atoms with Gasteiger partial charge >= 0.3 is 0 Å². The van der Waals surface area contributed by atoms with Crippen LogP contribution in [0.2, 0.25) is 0 Å². The van der Waals surface area contributed by atoms with E-state index in [1.807, 2.05) is 0 Å². The van der Waals surface area contributed by atoms with Crippen LogP contribution in [0, 0.1) is 11.3 Å². The first kappa shape index (κ1) is 13.3. The smallest absolute Gasteiger partial charge is 0.142 e. The predicted molar refractivity (Wildman–Crippen MR) is 78.8 cm³/mol. The number of anilines is 1. The molecule has 0 aliphatic heterocycles. The number of hydrogen-bond acceptors (Lipinski definition) is 5. The van der Waals surface area contributed by atoms with Crippen LogP contribution in [0.4, 0.5) is 5.82 Å². The number of nitrogens with two attached hydrogens (primary N) is 1. The van der Waals surface area contributed by atoms with Gasteiger partial charge in [0.05, 0.1) is 0 Å². The second-order valence-electron chi connectivity index (χ2n) is 5.19. The quantitative estimate of drug-likeness (QED) is 0.745. The molecule has 0 spiro atoms. The van der Waals surface area contributed by atoms with Crippen molar-refractivity contribution in [2.24, 2.45) is 0 Å². The Morgan fingerprint density at radius 3 is 2.67 bits per heavy atom. The van der Waals surface area contributed by atoms with Gasteiger partial charge in [0.1, 0.15) is 28.9 Å². The number of aromatic nitrogens is 1. The molecule has 5 nitrogen and oxygen atoms in total. The number of aryl methyl sites for hydroxylation is 1. The molecule has 0 atom stereocenters. The number of phenolic OH excluding ortho intramolecular Hbond substituents is 2. The Morgan fingerprint density at radius 1 is 1.19 bits per heavy atom. The summed E-state index contributed by atoms with van der Waals surface area (Å²) < 4.78 is 0. The summed E-state index contributed by atoms with van der Waals surface area (Å²) in [4.78, 5) is 4.34. The number of nitriles is 1. The third-order valence-corrected chi connectivity index (χ3v) is 3.86. The van der Waals surface area contributed by atoms with Crippen molar-refractivity contribution in [1.29, 1.82) is 5.26 Å². The first-order valence-corrected chi connectivity index (χ1v) is 6.85. The van der Waals surface area contributed by atoms with Crippen molar-refractivity contribution >= 4 is 5.82 Å². The number of pyridine rings is 1. The van der Waals surface area contributed by atoms with Crippen molar-refractivity contribution in [3.05, 3.63) is 35.0 Å². The highest BCUT2D eigenvalue weighted by molar-refractivity contribution is 5.83. The Morgan fingerprint density at radius 2 is 1.95 bits per heavy atom. The van der Waals surface area contributed by atoms with Crippen LogP contribution in [0.15, 0.2) is 18.2 Å². The molecule has 0 fully saturated rings. The zero-order chi connectivity index (χ0) is 15.0. The Labute approximate surface area is 122 Å². The summed E-state index contributed by atoms with van der Waals surface area (Å²) in [5.74, 6) is 0.108. The molecule has 1 heterocycles. The third kappa shape index (κ3) is 2.15. The lowest BCUT2D eigenvalue weighted by Gasteiger charge is -2.21. The summed E-state index contributed by atoms with van der Waals surface area (Å²) in [5.41, 5.74) is 9.24. The average Bonchev–Trinajstić information content (AvgIpc) is 2.46. The number of benzene rings is 1. The zero-order valence-corrected chi connectivity index (χ0v) is 11.4. The van der Waals surface area contributed by atoms with Gasteiger partial charge in [-0.15, -0.1) is 0 Å².